The molecule has 2 aromatic carbocycles. The topological polar surface area (TPSA) is 49.7 Å². The third-order valence-electron chi connectivity index (χ3n) is 5.15. The molecular weight excluding hydrogens is 275 g/mol. The van der Waals surface area contributed by atoms with E-state index in [1.165, 1.54) is 24.8 Å². The van der Waals surface area contributed by atoms with Gasteiger partial charge in [0.25, 0.3) is 0 Å². The molecule has 1 fully saturated rings. The van der Waals surface area contributed by atoms with Gasteiger partial charge in [-0.3, -0.25) is 0 Å². The minimum atomic E-state index is -1.44. The van der Waals surface area contributed by atoms with Crippen molar-refractivity contribution in [1.29, 1.82) is 0 Å². The molecule has 4 heteroatoms. The molecule has 0 amide bonds. The summed E-state index contributed by atoms with van der Waals surface area (Å²) in [5.74, 6) is 1.79. The fraction of sp³-hybridized carbons (Fsp3) is 0.333. The largest absolute Gasteiger partial charge is 0.488 e. The van der Waals surface area contributed by atoms with Gasteiger partial charge in [0.05, 0.1) is 0 Å². The van der Waals surface area contributed by atoms with E-state index >= 15 is 0 Å². The molecule has 22 heavy (non-hydrogen) atoms. The summed E-state index contributed by atoms with van der Waals surface area (Å²) in [6.45, 7) is 0. The summed E-state index contributed by atoms with van der Waals surface area (Å²) >= 11 is 0. The number of hydrogen-bond acceptors (Lipinski definition) is 3. The van der Waals surface area contributed by atoms with Crippen LogP contribution in [0.3, 0.4) is 0 Å². The first-order valence-electron chi connectivity index (χ1n) is 7.99. The van der Waals surface area contributed by atoms with Crippen molar-refractivity contribution >= 4 is 12.6 Å². The third-order valence-corrected chi connectivity index (χ3v) is 5.15. The smallest absolute Gasteiger partial charge is 0.457 e. The molecule has 0 aromatic heterocycles. The summed E-state index contributed by atoms with van der Waals surface area (Å²) < 4.78 is 6.08. The Hall–Kier alpha value is -1.78. The molecule has 2 aromatic rings. The quantitative estimate of drug-likeness (QED) is 0.795. The van der Waals surface area contributed by atoms with Gasteiger partial charge in [-0.05, 0) is 30.4 Å². The van der Waals surface area contributed by atoms with Gasteiger partial charge in [-0.1, -0.05) is 49.6 Å². The second-order valence-electron chi connectivity index (χ2n) is 6.37. The first-order chi connectivity index (χ1) is 10.7. The summed E-state index contributed by atoms with van der Waals surface area (Å²) in [5.41, 5.74) is 2.84. The molecule has 1 saturated carbocycles. The molecule has 0 bridgehead atoms. The highest BCUT2D eigenvalue weighted by Crippen LogP contribution is 2.54. The monoisotopic (exact) mass is 294 g/mol. The van der Waals surface area contributed by atoms with Crippen molar-refractivity contribution in [3.63, 3.8) is 0 Å². The predicted octanol–water partition coefficient (Wildman–Crippen LogP) is 2.72. The maximum absolute atomic E-state index is 9.52. The molecule has 0 saturated heterocycles. The number of benzene rings is 2. The Labute approximate surface area is 130 Å². The van der Waals surface area contributed by atoms with Gasteiger partial charge in [-0.25, -0.2) is 0 Å². The van der Waals surface area contributed by atoms with E-state index in [0.29, 0.717) is 5.46 Å². The van der Waals surface area contributed by atoms with Crippen molar-refractivity contribution < 1.29 is 14.8 Å². The van der Waals surface area contributed by atoms with E-state index in [1.54, 1.807) is 6.07 Å². The Morgan fingerprint density at radius 2 is 1.59 bits per heavy atom. The van der Waals surface area contributed by atoms with Crippen LogP contribution in [0.4, 0.5) is 0 Å². The molecule has 1 aliphatic heterocycles. The Bertz CT molecular complexity index is 705. The van der Waals surface area contributed by atoms with Crippen LogP contribution in [0.1, 0.15) is 43.2 Å². The lowest BCUT2D eigenvalue weighted by molar-refractivity contribution is 0.306. The van der Waals surface area contributed by atoms with Gasteiger partial charge in [-0.2, -0.15) is 0 Å². The van der Waals surface area contributed by atoms with Crippen LogP contribution in [-0.2, 0) is 5.41 Å². The second-order valence-corrected chi connectivity index (χ2v) is 6.37. The summed E-state index contributed by atoms with van der Waals surface area (Å²) in [6, 6.07) is 13.8. The van der Waals surface area contributed by atoms with Crippen LogP contribution in [0.25, 0.3) is 0 Å². The zero-order valence-electron chi connectivity index (χ0n) is 12.5. The molecule has 2 N–H and O–H groups in total. The molecule has 1 heterocycles. The van der Waals surface area contributed by atoms with Gasteiger partial charge < -0.3 is 14.8 Å². The van der Waals surface area contributed by atoms with E-state index in [9.17, 15) is 10.0 Å². The van der Waals surface area contributed by atoms with Crippen molar-refractivity contribution in [3.8, 4) is 11.5 Å². The minimum Gasteiger partial charge on any atom is -0.457 e. The fourth-order valence-corrected chi connectivity index (χ4v) is 4.08. The van der Waals surface area contributed by atoms with Crippen molar-refractivity contribution in [3.05, 3.63) is 53.6 Å². The number of hydrogen-bond donors (Lipinski definition) is 2. The van der Waals surface area contributed by atoms with Crippen LogP contribution < -0.4 is 10.2 Å². The van der Waals surface area contributed by atoms with Crippen LogP contribution in [0.5, 0.6) is 11.5 Å². The van der Waals surface area contributed by atoms with E-state index in [0.717, 1.165) is 29.9 Å². The van der Waals surface area contributed by atoms with Crippen molar-refractivity contribution in [1.82, 2.24) is 0 Å². The summed E-state index contributed by atoms with van der Waals surface area (Å²) in [5, 5.41) is 19.0. The lowest BCUT2D eigenvalue weighted by Crippen LogP contribution is -2.37. The normalized spacial score (nSPS) is 18.3. The molecule has 0 radical (unpaired) electrons. The Morgan fingerprint density at radius 1 is 0.864 bits per heavy atom. The molecule has 0 unspecified atom stereocenters. The Balaban J connectivity index is 1.94. The summed E-state index contributed by atoms with van der Waals surface area (Å²) in [6.07, 6.45) is 5.83. The zero-order chi connectivity index (χ0) is 15.2. The highest BCUT2D eigenvalue weighted by atomic mass is 16.5. The third kappa shape index (κ3) is 1.98. The molecule has 1 aliphatic carbocycles. The fourth-order valence-electron chi connectivity index (χ4n) is 4.08. The molecule has 112 valence electrons. The van der Waals surface area contributed by atoms with Gasteiger partial charge in [0, 0.05) is 16.5 Å². The number of ether oxygens (including phenoxy) is 1. The highest BCUT2D eigenvalue weighted by molar-refractivity contribution is 6.58. The van der Waals surface area contributed by atoms with Crippen LogP contribution in [0, 0.1) is 0 Å². The van der Waals surface area contributed by atoms with E-state index in [2.05, 4.69) is 12.1 Å². The number of para-hydroxylation sites is 1. The number of fused-ring (bicyclic) bond motifs is 4. The average Bonchev–Trinajstić information content (AvgIpc) is 2.56. The summed E-state index contributed by atoms with van der Waals surface area (Å²) in [4.78, 5) is 0. The Morgan fingerprint density at radius 3 is 2.36 bits per heavy atom. The molecule has 3 nitrogen and oxygen atoms in total. The van der Waals surface area contributed by atoms with Gasteiger partial charge >= 0.3 is 7.12 Å². The lowest BCUT2D eigenvalue weighted by Gasteiger charge is -2.43. The van der Waals surface area contributed by atoms with Crippen molar-refractivity contribution in [2.45, 2.75) is 37.5 Å². The van der Waals surface area contributed by atoms with Gasteiger partial charge in [0.1, 0.15) is 11.5 Å². The van der Waals surface area contributed by atoms with Crippen LogP contribution >= 0.6 is 0 Å². The van der Waals surface area contributed by atoms with E-state index in [-0.39, 0.29) is 5.41 Å². The predicted molar refractivity (Wildman–Crippen MR) is 86.6 cm³/mol. The van der Waals surface area contributed by atoms with Crippen LogP contribution in [0.15, 0.2) is 42.5 Å². The molecule has 1 spiro atoms. The second kappa shape index (κ2) is 5.15. The number of rotatable bonds is 1. The molecule has 0 atom stereocenters. The van der Waals surface area contributed by atoms with Crippen LogP contribution in [0.2, 0.25) is 0 Å². The van der Waals surface area contributed by atoms with Gasteiger partial charge in [0.2, 0.25) is 0 Å². The van der Waals surface area contributed by atoms with E-state index < -0.39 is 7.12 Å². The standard InChI is InChI=1S/C18H19BO3/c20-19(21)13-8-9-17-15(12-13)18(10-4-1-5-11-18)14-6-2-3-7-16(14)22-17/h2-3,6-9,12,20-21H,1,4-5,10-11H2. The molecule has 4 rings (SSSR count). The summed E-state index contributed by atoms with van der Waals surface area (Å²) in [7, 11) is -1.44. The highest BCUT2D eigenvalue weighted by Gasteiger charge is 2.43. The first kappa shape index (κ1) is 13.9. The zero-order valence-corrected chi connectivity index (χ0v) is 12.5. The van der Waals surface area contributed by atoms with Crippen molar-refractivity contribution in [2.24, 2.45) is 0 Å². The molecular formula is C18H19BO3. The van der Waals surface area contributed by atoms with Crippen LogP contribution in [-0.4, -0.2) is 17.2 Å². The average molecular weight is 294 g/mol. The maximum atomic E-state index is 9.52. The first-order valence-corrected chi connectivity index (χ1v) is 7.99. The molecule has 2 aliphatic rings. The minimum absolute atomic E-state index is 0.0483. The maximum Gasteiger partial charge on any atom is 0.488 e. The van der Waals surface area contributed by atoms with E-state index in [4.69, 9.17) is 4.74 Å². The van der Waals surface area contributed by atoms with Crippen molar-refractivity contribution in [2.75, 3.05) is 0 Å². The lowest BCUT2D eigenvalue weighted by atomic mass is 9.62. The van der Waals surface area contributed by atoms with E-state index in [1.807, 2.05) is 24.3 Å². The van der Waals surface area contributed by atoms with Gasteiger partial charge in [-0.15, -0.1) is 0 Å². The SMILES string of the molecule is OB(O)c1ccc2c(c1)C1(CCCCC1)c1ccccc1O2. The van der Waals surface area contributed by atoms with Gasteiger partial charge in [0.15, 0.2) is 0 Å². The Kier molecular flexibility index (Phi) is 3.24.